The Morgan fingerprint density at radius 2 is 1.86 bits per heavy atom. The van der Waals surface area contributed by atoms with Crippen LogP contribution in [0.5, 0.6) is 0 Å². The van der Waals surface area contributed by atoms with Gasteiger partial charge in [-0.05, 0) is 47.0 Å². The fourth-order valence-corrected chi connectivity index (χ4v) is 1.59. The number of amides is 2. The lowest BCUT2D eigenvalue weighted by Crippen LogP contribution is -2.47. The van der Waals surface area contributed by atoms with Gasteiger partial charge in [0.2, 0.25) is 5.91 Å². The van der Waals surface area contributed by atoms with Gasteiger partial charge < -0.3 is 20.5 Å². The standard InChI is InChI=1S/C16H30N2O4/c1-11(2)9-13(18-15(21)22-16(4,5)6)14(20)17-8-7-12(3)10-19/h9,12-13,19H,7-8,10H2,1-6H3,(H,17,20)(H,18,21). The summed E-state index contributed by atoms with van der Waals surface area (Å²) in [5, 5.41) is 14.3. The Balaban J connectivity index is 4.60. The first-order valence-electron chi connectivity index (χ1n) is 7.58. The molecule has 6 heteroatoms. The molecule has 0 spiro atoms. The number of allylic oxidation sites excluding steroid dienone is 1. The summed E-state index contributed by atoms with van der Waals surface area (Å²) in [7, 11) is 0. The summed E-state index contributed by atoms with van der Waals surface area (Å²) in [5.41, 5.74) is 0.298. The molecule has 0 aliphatic heterocycles. The molecule has 0 aliphatic carbocycles. The summed E-state index contributed by atoms with van der Waals surface area (Å²) in [6.45, 7) is 11.4. The third-order valence-electron chi connectivity index (χ3n) is 2.70. The average Bonchev–Trinajstić information content (AvgIpc) is 2.34. The Morgan fingerprint density at radius 3 is 2.32 bits per heavy atom. The monoisotopic (exact) mass is 314 g/mol. The lowest BCUT2D eigenvalue weighted by molar-refractivity contribution is -0.122. The maximum Gasteiger partial charge on any atom is 0.408 e. The van der Waals surface area contributed by atoms with Crippen LogP contribution >= 0.6 is 0 Å². The Morgan fingerprint density at radius 1 is 1.27 bits per heavy atom. The van der Waals surface area contributed by atoms with E-state index in [9.17, 15) is 9.59 Å². The smallest absolute Gasteiger partial charge is 0.408 e. The number of nitrogens with one attached hydrogen (secondary N) is 2. The van der Waals surface area contributed by atoms with E-state index in [1.807, 2.05) is 20.8 Å². The molecule has 0 bridgehead atoms. The minimum atomic E-state index is -0.774. The molecule has 128 valence electrons. The van der Waals surface area contributed by atoms with Crippen LogP contribution in [0.1, 0.15) is 48.0 Å². The Kier molecular flexibility index (Phi) is 8.79. The summed E-state index contributed by atoms with van der Waals surface area (Å²) in [4.78, 5) is 24.0. The number of hydrogen-bond donors (Lipinski definition) is 3. The van der Waals surface area contributed by atoms with Gasteiger partial charge in [-0.2, -0.15) is 0 Å². The van der Waals surface area contributed by atoms with Gasteiger partial charge in [0.25, 0.3) is 0 Å². The zero-order chi connectivity index (χ0) is 17.3. The van der Waals surface area contributed by atoms with E-state index in [1.54, 1.807) is 26.8 Å². The van der Waals surface area contributed by atoms with E-state index in [2.05, 4.69) is 10.6 Å². The first-order valence-corrected chi connectivity index (χ1v) is 7.58. The first-order chi connectivity index (χ1) is 10.0. The zero-order valence-corrected chi connectivity index (χ0v) is 14.5. The van der Waals surface area contributed by atoms with Gasteiger partial charge in [-0.15, -0.1) is 0 Å². The van der Waals surface area contributed by atoms with E-state index < -0.39 is 17.7 Å². The third-order valence-corrected chi connectivity index (χ3v) is 2.70. The van der Waals surface area contributed by atoms with Crippen LogP contribution in [-0.4, -0.2) is 41.9 Å². The molecule has 0 fully saturated rings. The second-order valence-corrected chi connectivity index (χ2v) is 6.74. The van der Waals surface area contributed by atoms with Gasteiger partial charge in [0, 0.05) is 13.2 Å². The number of carbonyl (C=O) groups excluding carboxylic acids is 2. The van der Waals surface area contributed by atoms with Gasteiger partial charge in [0.05, 0.1) is 0 Å². The molecule has 0 aromatic rings. The van der Waals surface area contributed by atoms with E-state index in [0.717, 1.165) is 5.57 Å². The van der Waals surface area contributed by atoms with Crippen molar-refractivity contribution in [2.24, 2.45) is 5.92 Å². The quantitative estimate of drug-likeness (QED) is 0.627. The summed E-state index contributed by atoms with van der Waals surface area (Å²) in [5.74, 6) is -0.168. The largest absolute Gasteiger partial charge is 0.444 e. The minimum Gasteiger partial charge on any atom is -0.444 e. The summed E-state index contributed by atoms with van der Waals surface area (Å²) < 4.78 is 5.17. The molecule has 2 unspecified atom stereocenters. The van der Waals surface area contributed by atoms with Crippen molar-refractivity contribution in [2.45, 2.75) is 59.6 Å². The van der Waals surface area contributed by atoms with Crippen LogP contribution in [0.2, 0.25) is 0 Å². The molecule has 0 saturated heterocycles. The number of aliphatic hydroxyl groups excluding tert-OH is 1. The number of carbonyl (C=O) groups is 2. The van der Waals surface area contributed by atoms with Gasteiger partial charge >= 0.3 is 6.09 Å². The Labute approximate surface area is 133 Å². The van der Waals surface area contributed by atoms with Crippen LogP contribution in [0.3, 0.4) is 0 Å². The molecule has 0 aliphatic rings. The van der Waals surface area contributed by atoms with Crippen molar-refractivity contribution in [1.82, 2.24) is 10.6 Å². The van der Waals surface area contributed by atoms with E-state index in [0.29, 0.717) is 13.0 Å². The average molecular weight is 314 g/mol. The predicted molar refractivity (Wildman–Crippen MR) is 86.5 cm³/mol. The molecule has 0 aromatic heterocycles. The van der Waals surface area contributed by atoms with Crippen LogP contribution in [0, 0.1) is 5.92 Å². The van der Waals surface area contributed by atoms with E-state index >= 15 is 0 Å². The van der Waals surface area contributed by atoms with E-state index in [4.69, 9.17) is 9.84 Å². The van der Waals surface area contributed by atoms with E-state index in [-0.39, 0.29) is 18.4 Å². The molecular formula is C16H30N2O4. The van der Waals surface area contributed by atoms with Gasteiger partial charge in [-0.1, -0.05) is 18.6 Å². The van der Waals surface area contributed by atoms with Crippen LogP contribution in [0.15, 0.2) is 11.6 Å². The van der Waals surface area contributed by atoms with Gasteiger partial charge in [0.1, 0.15) is 11.6 Å². The Bertz CT molecular complexity index is 395. The van der Waals surface area contributed by atoms with Crippen molar-refractivity contribution >= 4 is 12.0 Å². The van der Waals surface area contributed by atoms with Crippen LogP contribution in [0.4, 0.5) is 4.79 Å². The number of rotatable bonds is 7. The molecule has 0 heterocycles. The van der Waals surface area contributed by atoms with Crippen LogP contribution in [-0.2, 0) is 9.53 Å². The number of alkyl carbamates (subject to hydrolysis) is 1. The zero-order valence-electron chi connectivity index (χ0n) is 14.5. The summed E-state index contributed by atoms with van der Waals surface area (Å²) in [6, 6.07) is -0.774. The molecule has 22 heavy (non-hydrogen) atoms. The maximum atomic E-state index is 12.2. The highest BCUT2D eigenvalue weighted by Gasteiger charge is 2.22. The molecule has 0 rings (SSSR count). The highest BCUT2D eigenvalue weighted by atomic mass is 16.6. The van der Waals surface area contributed by atoms with Crippen molar-refractivity contribution in [3.63, 3.8) is 0 Å². The molecule has 2 amide bonds. The lowest BCUT2D eigenvalue weighted by Gasteiger charge is -2.22. The van der Waals surface area contributed by atoms with Crippen molar-refractivity contribution in [3.05, 3.63) is 11.6 Å². The van der Waals surface area contributed by atoms with Gasteiger partial charge in [-0.3, -0.25) is 4.79 Å². The molecule has 0 saturated carbocycles. The lowest BCUT2D eigenvalue weighted by atomic mass is 10.1. The minimum absolute atomic E-state index is 0.0867. The van der Waals surface area contributed by atoms with Crippen molar-refractivity contribution in [2.75, 3.05) is 13.2 Å². The highest BCUT2D eigenvalue weighted by molar-refractivity contribution is 5.87. The molecular weight excluding hydrogens is 284 g/mol. The van der Waals surface area contributed by atoms with Crippen LogP contribution < -0.4 is 10.6 Å². The third kappa shape index (κ3) is 10.2. The van der Waals surface area contributed by atoms with E-state index in [1.165, 1.54) is 0 Å². The second kappa shape index (κ2) is 9.46. The highest BCUT2D eigenvalue weighted by Crippen LogP contribution is 2.07. The number of aliphatic hydroxyl groups is 1. The summed E-state index contributed by atoms with van der Waals surface area (Å²) >= 11 is 0. The fourth-order valence-electron chi connectivity index (χ4n) is 1.59. The van der Waals surface area contributed by atoms with Crippen molar-refractivity contribution in [3.8, 4) is 0 Å². The maximum absolute atomic E-state index is 12.2. The summed E-state index contributed by atoms with van der Waals surface area (Å²) in [6.07, 6.45) is 1.72. The molecule has 6 nitrogen and oxygen atoms in total. The SMILES string of the molecule is CC(C)=CC(NC(=O)OC(C)(C)C)C(=O)NCCC(C)CO. The number of hydrogen-bond acceptors (Lipinski definition) is 4. The fraction of sp³-hybridized carbons (Fsp3) is 0.750. The van der Waals surface area contributed by atoms with Gasteiger partial charge in [-0.25, -0.2) is 4.79 Å². The first kappa shape index (κ1) is 20.4. The Hall–Kier alpha value is -1.56. The predicted octanol–water partition coefficient (Wildman–Crippen LogP) is 1.98. The van der Waals surface area contributed by atoms with Crippen molar-refractivity contribution in [1.29, 1.82) is 0 Å². The normalized spacial score (nSPS) is 13.8. The topological polar surface area (TPSA) is 87.7 Å². The molecule has 3 N–H and O–H groups in total. The van der Waals surface area contributed by atoms with Crippen molar-refractivity contribution < 1.29 is 19.4 Å². The van der Waals surface area contributed by atoms with Gasteiger partial charge in [0.15, 0.2) is 0 Å². The van der Waals surface area contributed by atoms with Crippen LogP contribution in [0.25, 0.3) is 0 Å². The molecule has 0 radical (unpaired) electrons. The number of ether oxygens (including phenoxy) is 1. The molecule has 2 atom stereocenters. The second-order valence-electron chi connectivity index (χ2n) is 6.74. The molecule has 0 aromatic carbocycles.